The summed E-state index contributed by atoms with van der Waals surface area (Å²) in [5.74, 6) is -0.900. The Kier molecular flexibility index (Phi) is 5.91. The molecule has 0 aromatic rings. The molecule has 1 rings (SSSR count). The Hall–Kier alpha value is -1.30. The highest BCUT2D eigenvalue weighted by Crippen LogP contribution is 2.06. The van der Waals surface area contributed by atoms with Gasteiger partial charge in [-0.2, -0.15) is 0 Å². The Morgan fingerprint density at radius 2 is 2.00 bits per heavy atom. The summed E-state index contributed by atoms with van der Waals surface area (Å²) in [5.41, 5.74) is 0. The van der Waals surface area contributed by atoms with E-state index in [1.807, 2.05) is 0 Å². The van der Waals surface area contributed by atoms with Crippen LogP contribution >= 0.6 is 0 Å². The van der Waals surface area contributed by atoms with Crippen LogP contribution in [0.5, 0.6) is 0 Å². The van der Waals surface area contributed by atoms with Crippen molar-refractivity contribution in [3.8, 4) is 0 Å². The number of nitrogens with zero attached hydrogens (tertiary/aromatic N) is 2. The third-order valence-corrected chi connectivity index (χ3v) is 3.15. The fraction of sp³-hybridized carbons (Fsp3) is 0.833. The fourth-order valence-corrected chi connectivity index (χ4v) is 2.03. The Bertz CT molecular complexity index is 290. The highest BCUT2D eigenvalue weighted by atomic mass is 16.4. The predicted octanol–water partition coefficient (Wildman–Crippen LogP) is 0.587. The quantitative estimate of drug-likeness (QED) is 0.730. The molecule has 1 aliphatic heterocycles. The maximum atomic E-state index is 11.7. The van der Waals surface area contributed by atoms with E-state index in [0.29, 0.717) is 6.54 Å². The van der Waals surface area contributed by atoms with Gasteiger partial charge in [0.2, 0.25) is 0 Å². The number of aliphatic carboxylic acids is 1. The summed E-state index contributed by atoms with van der Waals surface area (Å²) >= 11 is 0. The lowest BCUT2D eigenvalue weighted by Gasteiger charge is -2.23. The Labute approximate surface area is 108 Å². The van der Waals surface area contributed by atoms with Crippen LogP contribution in [0.3, 0.4) is 0 Å². The highest BCUT2D eigenvalue weighted by molar-refractivity contribution is 5.75. The van der Waals surface area contributed by atoms with Gasteiger partial charge in [0.1, 0.15) is 0 Å². The second-order valence-electron chi connectivity index (χ2n) is 4.92. The fourth-order valence-electron chi connectivity index (χ4n) is 2.03. The average Bonchev–Trinajstić information content (AvgIpc) is 2.77. The second-order valence-corrected chi connectivity index (χ2v) is 4.92. The molecule has 1 unspecified atom stereocenters. The van der Waals surface area contributed by atoms with Gasteiger partial charge in [-0.3, -0.25) is 4.79 Å². The number of amides is 2. The van der Waals surface area contributed by atoms with Crippen LogP contribution < -0.4 is 5.32 Å². The third-order valence-electron chi connectivity index (χ3n) is 3.15. The van der Waals surface area contributed by atoms with E-state index in [9.17, 15) is 9.59 Å². The van der Waals surface area contributed by atoms with Crippen molar-refractivity contribution in [1.29, 1.82) is 0 Å². The summed E-state index contributed by atoms with van der Waals surface area (Å²) in [7, 11) is 1.74. The van der Waals surface area contributed by atoms with Gasteiger partial charge < -0.3 is 20.2 Å². The van der Waals surface area contributed by atoms with Crippen molar-refractivity contribution in [2.24, 2.45) is 0 Å². The number of carbonyl (C=O) groups is 2. The van der Waals surface area contributed by atoms with E-state index < -0.39 is 5.97 Å². The largest absolute Gasteiger partial charge is 0.481 e. The van der Waals surface area contributed by atoms with Gasteiger partial charge in [-0.1, -0.05) is 0 Å². The monoisotopic (exact) mass is 257 g/mol. The number of carbonyl (C=O) groups excluding carboxylic acids is 1. The molecule has 104 valence electrons. The van der Waals surface area contributed by atoms with Gasteiger partial charge in [-0.15, -0.1) is 0 Å². The van der Waals surface area contributed by atoms with Crippen LogP contribution in [-0.4, -0.2) is 66.2 Å². The molecule has 6 heteroatoms. The van der Waals surface area contributed by atoms with Crippen molar-refractivity contribution in [3.63, 3.8) is 0 Å². The van der Waals surface area contributed by atoms with Gasteiger partial charge in [0.15, 0.2) is 0 Å². The smallest absolute Gasteiger partial charge is 0.317 e. The van der Waals surface area contributed by atoms with Crippen molar-refractivity contribution in [2.45, 2.75) is 32.2 Å². The normalized spacial score (nSPS) is 17.4. The molecule has 2 N–H and O–H groups in total. The molecule has 1 aliphatic rings. The standard InChI is InChI=1S/C12H23N3O3/c1-10(9-11(16)17)13-12(18)14(2)7-8-15-5-3-4-6-15/h10H,3-9H2,1-2H3,(H,13,18)(H,16,17). The van der Waals surface area contributed by atoms with Gasteiger partial charge in [0, 0.05) is 26.2 Å². The number of hydrogen-bond acceptors (Lipinski definition) is 3. The molecule has 1 heterocycles. The molecule has 0 saturated carbocycles. The highest BCUT2D eigenvalue weighted by Gasteiger charge is 2.16. The SMILES string of the molecule is CC(CC(=O)O)NC(=O)N(C)CCN1CCCC1. The summed E-state index contributed by atoms with van der Waals surface area (Å²) < 4.78 is 0. The molecule has 0 aliphatic carbocycles. The summed E-state index contributed by atoms with van der Waals surface area (Å²) in [4.78, 5) is 26.2. The summed E-state index contributed by atoms with van der Waals surface area (Å²) in [6.45, 7) is 5.49. The van der Waals surface area contributed by atoms with Crippen molar-refractivity contribution >= 4 is 12.0 Å². The van der Waals surface area contributed by atoms with Gasteiger partial charge in [-0.25, -0.2) is 4.79 Å². The van der Waals surface area contributed by atoms with Crippen LogP contribution in [-0.2, 0) is 4.79 Å². The number of urea groups is 1. The number of likely N-dealkylation sites (tertiary alicyclic amines) is 1. The van der Waals surface area contributed by atoms with Crippen LogP contribution in [0.1, 0.15) is 26.2 Å². The number of nitrogens with one attached hydrogen (secondary N) is 1. The number of hydrogen-bond donors (Lipinski definition) is 2. The molecule has 0 bridgehead atoms. The van der Waals surface area contributed by atoms with Crippen LogP contribution in [0.2, 0.25) is 0 Å². The molecule has 0 radical (unpaired) electrons. The Morgan fingerprint density at radius 1 is 1.39 bits per heavy atom. The third kappa shape index (κ3) is 5.35. The van der Waals surface area contributed by atoms with Crippen LogP contribution in [0.15, 0.2) is 0 Å². The van der Waals surface area contributed by atoms with E-state index in [-0.39, 0.29) is 18.5 Å². The molecule has 1 saturated heterocycles. The zero-order chi connectivity index (χ0) is 13.5. The minimum absolute atomic E-state index is 0.0499. The Morgan fingerprint density at radius 3 is 2.56 bits per heavy atom. The van der Waals surface area contributed by atoms with Crippen molar-refractivity contribution in [3.05, 3.63) is 0 Å². The van der Waals surface area contributed by atoms with E-state index in [4.69, 9.17) is 5.11 Å². The first-order valence-corrected chi connectivity index (χ1v) is 6.45. The first-order valence-electron chi connectivity index (χ1n) is 6.45. The topological polar surface area (TPSA) is 72.9 Å². The molecule has 1 fully saturated rings. The van der Waals surface area contributed by atoms with Crippen LogP contribution in [0.25, 0.3) is 0 Å². The molecule has 6 nitrogen and oxygen atoms in total. The number of carboxylic acids is 1. The number of rotatable bonds is 6. The molecule has 2 amide bonds. The number of carboxylic acid groups (broad SMARTS) is 1. The maximum Gasteiger partial charge on any atom is 0.317 e. The maximum absolute atomic E-state index is 11.7. The summed E-state index contributed by atoms with van der Waals surface area (Å²) in [5, 5.41) is 11.3. The average molecular weight is 257 g/mol. The first-order chi connectivity index (χ1) is 8.49. The lowest BCUT2D eigenvalue weighted by Crippen LogP contribution is -2.45. The minimum Gasteiger partial charge on any atom is -0.481 e. The molecule has 18 heavy (non-hydrogen) atoms. The van der Waals surface area contributed by atoms with E-state index in [1.165, 1.54) is 12.8 Å². The predicted molar refractivity (Wildman–Crippen MR) is 68.6 cm³/mol. The van der Waals surface area contributed by atoms with Crippen LogP contribution in [0.4, 0.5) is 4.79 Å². The molecule has 0 aromatic carbocycles. The van der Waals surface area contributed by atoms with Crippen molar-refractivity contribution < 1.29 is 14.7 Å². The van der Waals surface area contributed by atoms with E-state index in [1.54, 1.807) is 18.9 Å². The lowest BCUT2D eigenvalue weighted by molar-refractivity contribution is -0.137. The Balaban J connectivity index is 2.21. The van der Waals surface area contributed by atoms with Gasteiger partial charge in [-0.05, 0) is 32.9 Å². The van der Waals surface area contributed by atoms with Gasteiger partial charge in [0.25, 0.3) is 0 Å². The molecule has 1 atom stereocenters. The minimum atomic E-state index is -0.900. The summed E-state index contributed by atoms with van der Waals surface area (Å²) in [6, 6.07) is -0.549. The number of likely N-dealkylation sites (N-methyl/N-ethyl adjacent to an activating group) is 1. The van der Waals surface area contributed by atoms with Crippen LogP contribution in [0, 0.1) is 0 Å². The summed E-state index contributed by atoms with van der Waals surface area (Å²) in [6.07, 6.45) is 2.43. The lowest BCUT2D eigenvalue weighted by atomic mass is 10.2. The molecular formula is C12H23N3O3. The first kappa shape index (κ1) is 14.8. The van der Waals surface area contributed by atoms with E-state index in [0.717, 1.165) is 19.6 Å². The molecule has 0 spiro atoms. The van der Waals surface area contributed by atoms with Gasteiger partial charge in [0.05, 0.1) is 6.42 Å². The van der Waals surface area contributed by atoms with Gasteiger partial charge >= 0.3 is 12.0 Å². The van der Waals surface area contributed by atoms with Crippen molar-refractivity contribution in [1.82, 2.24) is 15.1 Å². The zero-order valence-electron chi connectivity index (χ0n) is 11.2. The second kappa shape index (κ2) is 7.20. The zero-order valence-corrected chi connectivity index (χ0v) is 11.2. The molecular weight excluding hydrogens is 234 g/mol. The van der Waals surface area contributed by atoms with Crippen molar-refractivity contribution in [2.75, 3.05) is 33.2 Å². The van der Waals surface area contributed by atoms with E-state index in [2.05, 4.69) is 10.2 Å². The van der Waals surface area contributed by atoms with E-state index >= 15 is 0 Å². The molecule has 0 aromatic heterocycles.